The van der Waals surface area contributed by atoms with Crippen molar-refractivity contribution in [2.45, 2.75) is 0 Å². The summed E-state index contributed by atoms with van der Waals surface area (Å²) in [6, 6.07) is 13.5. The molecule has 0 saturated carbocycles. The molecule has 2 aromatic rings. The maximum atomic E-state index is 12.3. The molecule has 1 aliphatic heterocycles. The number of nitrogens with one attached hydrogen (secondary N) is 2. The number of piperazine rings is 1. The van der Waals surface area contributed by atoms with Crippen molar-refractivity contribution in [3.05, 3.63) is 64.2 Å². The number of likely N-dealkylation sites (N-methyl/N-ethyl adjacent to an activating group) is 1. The van der Waals surface area contributed by atoms with Gasteiger partial charge in [-0.3, -0.25) is 20.2 Å². The molecule has 28 heavy (non-hydrogen) atoms. The van der Waals surface area contributed by atoms with Crippen molar-refractivity contribution in [1.29, 1.82) is 0 Å². The van der Waals surface area contributed by atoms with Gasteiger partial charge >= 0.3 is 0 Å². The van der Waals surface area contributed by atoms with E-state index in [0.717, 1.165) is 37.6 Å². The highest BCUT2D eigenvalue weighted by molar-refractivity contribution is 7.80. The molecular weight excluding hydrogens is 378 g/mol. The van der Waals surface area contributed by atoms with E-state index in [1.807, 2.05) is 24.3 Å². The van der Waals surface area contributed by atoms with E-state index < -0.39 is 10.8 Å². The van der Waals surface area contributed by atoms with E-state index in [1.54, 1.807) is 6.07 Å². The van der Waals surface area contributed by atoms with Crippen LogP contribution in [-0.2, 0) is 0 Å². The molecule has 0 spiro atoms. The fourth-order valence-electron chi connectivity index (χ4n) is 2.98. The number of hydrogen-bond acceptors (Lipinski definition) is 6. The van der Waals surface area contributed by atoms with Gasteiger partial charge in [-0.05, 0) is 49.6 Å². The van der Waals surface area contributed by atoms with Gasteiger partial charge in [0.1, 0.15) is 5.56 Å². The Morgan fingerprint density at radius 3 is 2.36 bits per heavy atom. The topological polar surface area (TPSA) is 90.8 Å². The van der Waals surface area contributed by atoms with Crippen LogP contribution in [-0.4, -0.2) is 54.1 Å². The van der Waals surface area contributed by atoms with Crippen molar-refractivity contribution in [3.8, 4) is 0 Å². The monoisotopic (exact) mass is 399 g/mol. The van der Waals surface area contributed by atoms with Crippen molar-refractivity contribution >= 4 is 40.3 Å². The number of para-hydroxylation sites is 1. The summed E-state index contributed by atoms with van der Waals surface area (Å²) in [6.07, 6.45) is 0. The molecule has 0 radical (unpaired) electrons. The highest BCUT2D eigenvalue weighted by Gasteiger charge is 2.20. The van der Waals surface area contributed by atoms with Crippen molar-refractivity contribution in [1.82, 2.24) is 10.2 Å². The second-order valence-corrected chi connectivity index (χ2v) is 6.93. The number of amides is 1. The van der Waals surface area contributed by atoms with Crippen LogP contribution in [0.4, 0.5) is 17.1 Å². The van der Waals surface area contributed by atoms with Gasteiger partial charge in [-0.1, -0.05) is 12.1 Å². The first kappa shape index (κ1) is 19.7. The second kappa shape index (κ2) is 8.77. The van der Waals surface area contributed by atoms with Crippen LogP contribution in [0.2, 0.25) is 0 Å². The van der Waals surface area contributed by atoms with Gasteiger partial charge in [0.05, 0.1) is 4.92 Å². The summed E-state index contributed by atoms with van der Waals surface area (Å²) in [5, 5.41) is 16.5. The van der Waals surface area contributed by atoms with Crippen LogP contribution >= 0.6 is 12.2 Å². The van der Waals surface area contributed by atoms with E-state index in [2.05, 4.69) is 27.5 Å². The summed E-state index contributed by atoms with van der Waals surface area (Å²) in [5.74, 6) is -0.626. The maximum Gasteiger partial charge on any atom is 0.282 e. The summed E-state index contributed by atoms with van der Waals surface area (Å²) in [6.45, 7) is 4.02. The van der Waals surface area contributed by atoms with Crippen LogP contribution < -0.4 is 15.5 Å². The smallest absolute Gasteiger partial charge is 0.282 e. The first-order valence-corrected chi connectivity index (χ1v) is 9.24. The lowest BCUT2D eigenvalue weighted by Crippen LogP contribution is -2.44. The Balaban J connectivity index is 1.59. The van der Waals surface area contributed by atoms with Crippen LogP contribution in [0.1, 0.15) is 10.4 Å². The second-order valence-electron chi connectivity index (χ2n) is 6.52. The normalized spacial score (nSPS) is 14.4. The minimum atomic E-state index is -0.626. The Labute approximate surface area is 168 Å². The number of carbonyl (C=O) groups excluding carboxylic acids is 1. The molecule has 2 N–H and O–H groups in total. The standard InChI is InChI=1S/C19H21N5O3S/c1-22-10-12-23(13-11-22)15-8-6-14(7-9-15)20-19(28)21-18(25)16-4-2-3-5-17(16)24(26)27/h2-9H,10-13H2,1H3,(H2,20,21,25,28). The van der Waals surface area contributed by atoms with Crippen LogP contribution in [0.5, 0.6) is 0 Å². The molecule has 1 heterocycles. The molecule has 8 nitrogen and oxygen atoms in total. The zero-order chi connectivity index (χ0) is 20.1. The third-order valence-electron chi connectivity index (χ3n) is 4.57. The number of carbonyl (C=O) groups is 1. The predicted molar refractivity (Wildman–Crippen MR) is 113 cm³/mol. The van der Waals surface area contributed by atoms with E-state index in [1.165, 1.54) is 18.2 Å². The Hall–Kier alpha value is -3.04. The molecule has 3 rings (SSSR count). The largest absolute Gasteiger partial charge is 0.369 e. The Kier molecular flexibility index (Phi) is 6.17. The molecule has 1 saturated heterocycles. The zero-order valence-electron chi connectivity index (χ0n) is 15.4. The quantitative estimate of drug-likeness (QED) is 0.464. The van der Waals surface area contributed by atoms with Crippen LogP contribution in [0.15, 0.2) is 48.5 Å². The number of hydrogen-bond donors (Lipinski definition) is 2. The molecule has 146 valence electrons. The predicted octanol–water partition coefficient (Wildman–Crippen LogP) is 2.47. The first-order chi connectivity index (χ1) is 13.4. The summed E-state index contributed by atoms with van der Waals surface area (Å²) in [4.78, 5) is 27.4. The Morgan fingerprint density at radius 2 is 1.71 bits per heavy atom. The molecule has 0 unspecified atom stereocenters. The Bertz CT molecular complexity index is 879. The van der Waals surface area contributed by atoms with Crippen LogP contribution in [0.25, 0.3) is 0 Å². The van der Waals surface area contributed by atoms with Crippen LogP contribution in [0.3, 0.4) is 0 Å². The summed E-state index contributed by atoms with van der Waals surface area (Å²) in [7, 11) is 2.11. The fourth-order valence-corrected chi connectivity index (χ4v) is 3.19. The number of thiocarbonyl (C=S) groups is 1. The van der Waals surface area contributed by atoms with E-state index in [0.29, 0.717) is 0 Å². The molecular formula is C19H21N5O3S. The number of nitrogens with zero attached hydrogens (tertiary/aromatic N) is 3. The number of rotatable bonds is 4. The molecule has 0 bridgehead atoms. The van der Waals surface area contributed by atoms with Crippen molar-refractivity contribution in [2.24, 2.45) is 0 Å². The van der Waals surface area contributed by atoms with Gasteiger partial charge in [0.2, 0.25) is 0 Å². The van der Waals surface area contributed by atoms with Gasteiger partial charge in [-0.2, -0.15) is 0 Å². The van der Waals surface area contributed by atoms with Crippen molar-refractivity contribution < 1.29 is 9.72 Å². The van der Waals surface area contributed by atoms with Gasteiger partial charge in [-0.15, -0.1) is 0 Å². The van der Waals surface area contributed by atoms with Gasteiger partial charge < -0.3 is 15.1 Å². The highest BCUT2D eigenvalue weighted by atomic mass is 32.1. The third kappa shape index (κ3) is 4.81. The van der Waals surface area contributed by atoms with E-state index >= 15 is 0 Å². The lowest BCUT2D eigenvalue weighted by atomic mass is 10.1. The summed E-state index contributed by atoms with van der Waals surface area (Å²) >= 11 is 5.16. The van der Waals surface area contributed by atoms with Crippen molar-refractivity contribution in [2.75, 3.05) is 43.4 Å². The molecule has 1 aliphatic rings. The summed E-state index contributed by atoms with van der Waals surface area (Å²) in [5.41, 5.74) is 1.56. The number of anilines is 2. The van der Waals surface area contributed by atoms with E-state index in [9.17, 15) is 14.9 Å². The van der Waals surface area contributed by atoms with E-state index in [-0.39, 0.29) is 16.4 Å². The highest BCUT2D eigenvalue weighted by Crippen LogP contribution is 2.20. The number of nitro benzene ring substituents is 1. The van der Waals surface area contributed by atoms with Gasteiger partial charge in [-0.25, -0.2) is 0 Å². The molecule has 1 fully saturated rings. The minimum absolute atomic E-state index is 0.0398. The van der Waals surface area contributed by atoms with Gasteiger partial charge in [0.25, 0.3) is 11.6 Å². The van der Waals surface area contributed by atoms with Gasteiger partial charge in [0, 0.05) is 43.6 Å². The van der Waals surface area contributed by atoms with Gasteiger partial charge in [0.15, 0.2) is 5.11 Å². The SMILES string of the molecule is CN1CCN(c2ccc(NC(=S)NC(=O)c3ccccc3[N+](=O)[O-])cc2)CC1. The van der Waals surface area contributed by atoms with E-state index in [4.69, 9.17) is 12.2 Å². The Morgan fingerprint density at radius 1 is 1.07 bits per heavy atom. The fraction of sp³-hybridized carbons (Fsp3) is 0.263. The van der Waals surface area contributed by atoms with Crippen molar-refractivity contribution in [3.63, 3.8) is 0 Å². The molecule has 0 atom stereocenters. The minimum Gasteiger partial charge on any atom is -0.369 e. The molecule has 0 aliphatic carbocycles. The average molecular weight is 399 g/mol. The zero-order valence-corrected chi connectivity index (χ0v) is 16.2. The lowest BCUT2D eigenvalue weighted by Gasteiger charge is -2.34. The molecule has 9 heteroatoms. The number of nitro groups is 1. The van der Waals surface area contributed by atoms with Crippen LogP contribution in [0, 0.1) is 10.1 Å². The molecule has 0 aromatic heterocycles. The molecule has 2 aromatic carbocycles. The summed E-state index contributed by atoms with van der Waals surface area (Å²) < 4.78 is 0. The molecule has 1 amide bonds. The average Bonchev–Trinajstić information content (AvgIpc) is 2.69. The number of benzene rings is 2. The maximum absolute atomic E-state index is 12.3. The first-order valence-electron chi connectivity index (χ1n) is 8.83. The third-order valence-corrected chi connectivity index (χ3v) is 4.77. The lowest BCUT2D eigenvalue weighted by molar-refractivity contribution is -0.385.